The first kappa shape index (κ1) is 14.5. The highest BCUT2D eigenvalue weighted by Crippen LogP contribution is 2.18. The normalized spacial score (nSPS) is 14.6. The number of rotatable bonds is 7. The van der Waals surface area contributed by atoms with Crippen molar-refractivity contribution < 1.29 is 0 Å². The number of aryl methyl sites for hydroxylation is 1. The maximum Gasteiger partial charge on any atom is 0.187 e. The van der Waals surface area contributed by atoms with Gasteiger partial charge in [0.05, 0.1) is 0 Å². The largest absolute Gasteiger partial charge is 0.313 e. The average Bonchev–Trinajstić information content (AvgIpc) is 2.35. The van der Waals surface area contributed by atoms with Crippen molar-refractivity contribution in [3.63, 3.8) is 0 Å². The van der Waals surface area contributed by atoms with Crippen LogP contribution in [0.2, 0.25) is 0 Å². The quantitative estimate of drug-likeness (QED) is 0.599. The zero-order chi connectivity index (χ0) is 12.7. The molecule has 2 atom stereocenters. The lowest BCUT2D eigenvalue weighted by molar-refractivity contribution is 0.404. The summed E-state index contributed by atoms with van der Waals surface area (Å²) < 4.78 is 0. The second-order valence-corrected chi connectivity index (χ2v) is 5.39. The van der Waals surface area contributed by atoms with E-state index in [1.54, 1.807) is 11.8 Å². The third-order valence-corrected chi connectivity index (χ3v) is 3.94. The molecule has 0 aliphatic carbocycles. The molecule has 0 radical (unpaired) electrons. The average molecular weight is 253 g/mol. The molecule has 0 aliphatic rings. The molecule has 0 amide bonds. The number of hydrogen-bond acceptors (Lipinski definition) is 4. The van der Waals surface area contributed by atoms with Crippen LogP contribution in [0.15, 0.2) is 17.6 Å². The van der Waals surface area contributed by atoms with Crippen molar-refractivity contribution in [3.05, 3.63) is 18.0 Å². The number of nitrogens with zero attached hydrogens (tertiary/aromatic N) is 2. The molecule has 1 heterocycles. The highest BCUT2D eigenvalue weighted by atomic mass is 32.2. The molecule has 0 aromatic carbocycles. The van der Waals surface area contributed by atoms with Crippen molar-refractivity contribution in [2.24, 2.45) is 5.92 Å². The van der Waals surface area contributed by atoms with Gasteiger partial charge in [0.1, 0.15) is 0 Å². The molecule has 0 bridgehead atoms. The Bertz CT molecular complexity index is 313. The van der Waals surface area contributed by atoms with Crippen LogP contribution in [0.25, 0.3) is 0 Å². The Balaban J connectivity index is 2.48. The van der Waals surface area contributed by atoms with Crippen LogP contribution >= 0.6 is 11.8 Å². The van der Waals surface area contributed by atoms with Gasteiger partial charge >= 0.3 is 0 Å². The highest BCUT2D eigenvalue weighted by Gasteiger charge is 2.15. The molecule has 2 unspecified atom stereocenters. The highest BCUT2D eigenvalue weighted by molar-refractivity contribution is 7.99. The molecule has 96 valence electrons. The van der Waals surface area contributed by atoms with Crippen molar-refractivity contribution in [3.8, 4) is 0 Å². The summed E-state index contributed by atoms with van der Waals surface area (Å²) in [5.41, 5.74) is 1.11. The third kappa shape index (κ3) is 5.04. The van der Waals surface area contributed by atoms with E-state index in [9.17, 15) is 0 Å². The van der Waals surface area contributed by atoms with E-state index >= 15 is 0 Å². The monoisotopic (exact) mass is 253 g/mol. The Morgan fingerprint density at radius 2 is 1.94 bits per heavy atom. The second kappa shape index (κ2) is 7.67. The van der Waals surface area contributed by atoms with Gasteiger partial charge in [-0.15, -0.1) is 0 Å². The van der Waals surface area contributed by atoms with E-state index in [0.717, 1.165) is 23.0 Å². The summed E-state index contributed by atoms with van der Waals surface area (Å²) in [6.45, 7) is 9.72. The van der Waals surface area contributed by atoms with E-state index < -0.39 is 0 Å². The van der Waals surface area contributed by atoms with Gasteiger partial charge in [0.2, 0.25) is 0 Å². The lowest BCUT2D eigenvalue weighted by atomic mass is 10.0. The second-order valence-electron chi connectivity index (χ2n) is 4.40. The Morgan fingerprint density at radius 3 is 2.47 bits per heavy atom. The molecule has 17 heavy (non-hydrogen) atoms. The van der Waals surface area contributed by atoms with Gasteiger partial charge < -0.3 is 5.32 Å². The Morgan fingerprint density at radius 1 is 1.29 bits per heavy atom. The minimum atomic E-state index is 0.542. The first-order valence-electron chi connectivity index (χ1n) is 6.32. The lowest BCUT2D eigenvalue weighted by Crippen LogP contribution is -2.36. The van der Waals surface area contributed by atoms with Gasteiger partial charge in [-0.05, 0) is 24.9 Å². The lowest BCUT2D eigenvalue weighted by Gasteiger charge is -2.23. The summed E-state index contributed by atoms with van der Waals surface area (Å²) >= 11 is 1.74. The minimum Gasteiger partial charge on any atom is -0.313 e. The standard InChI is InChI=1S/C13H23N3S/c1-5-11(4)12(14-6-2)9-17-13-15-7-10(3)8-16-13/h7-8,11-12,14H,5-6,9H2,1-4H3. The van der Waals surface area contributed by atoms with Gasteiger partial charge in [-0.25, -0.2) is 9.97 Å². The predicted molar refractivity (Wildman–Crippen MR) is 74.4 cm³/mol. The maximum absolute atomic E-state index is 4.32. The summed E-state index contributed by atoms with van der Waals surface area (Å²) in [7, 11) is 0. The van der Waals surface area contributed by atoms with E-state index in [2.05, 4.69) is 36.1 Å². The van der Waals surface area contributed by atoms with Crippen LogP contribution in [0.3, 0.4) is 0 Å². The SMILES string of the molecule is CCNC(CSc1ncc(C)cn1)C(C)CC. The molecule has 0 spiro atoms. The van der Waals surface area contributed by atoms with E-state index in [0.29, 0.717) is 12.0 Å². The fourth-order valence-corrected chi connectivity index (χ4v) is 2.62. The molecule has 4 heteroatoms. The fraction of sp³-hybridized carbons (Fsp3) is 0.692. The maximum atomic E-state index is 4.32. The van der Waals surface area contributed by atoms with Gasteiger partial charge in [-0.3, -0.25) is 0 Å². The third-order valence-electron chi connectivity index (χ3n) is 2.95. The molecular formula is C13H23N3S. The van der Waals surface area contributed by atoms with Crippen LogP contribution in [0.5, 0.6) is 0 Å². The summed E-state index contributed by atoms with van der Waals surface area (Å²) in [5, 5.41) is 4.42. The molecule has 1 rings (SSSR count). The Hall–Kier alpha value is -0.610. The molecule has 1 N–H and O–H groups in total. The first-order valence-corrected chi connectivity index (χ1v) is 7.30. The summed E-state index contributed by atoms with van der Waals surface area (Å²) in [6, 6.07) is 0.542. The van der Waals surface area contributed by atoms with Gasteiger partial charge in [0.25, 0.3) is 0 Å². The molecule has 0 saturated heterocycles. The molecule has 1 aromatic rings. The summed E-state index contributed by atoms with van der Waals surface area (Å²) in [4.78, 5) is 8.64. The van der Waals surface area contributed by atoms with Crippen LogP contribution in [0.1, 0.15) is 32.8 Å². The number of nitrogens with one attached hydrogen (secondary N) is 1. The van der Waals surface area contributed by atoms with Gasteiger partial charge in [0.15, 0.2) is 5.16 Å². The van der Waals surface area contributed by atoms with E-state index in [1.165, 1.54) is 6.42 Å². The van der Waals surface area contributed by atoms with Crippen molar-refractivity contribution >= 4 is 11.8 Å². The molecule has 1 aromatic heterocycles. The van der Waals surface area contributed by atoms with Crippen molar-refractivity contribution in [2.45, 2.75) is 45.3 Å². The summed E-state index contributed by atoms with van der Waals surface area (Å²) in [5.74, 6) is 1.72. The zero-order valence-corrected chi connectivity index (χ0v) is 12.0. The smallest absolute Gasteiger partial charge is 0.187 e. The molecule has 3 nitrogen and oxygen atoms in total. The van der Waals surface area contributed by atoms with Gasteiger partial charge in [-0.1, -0.05) is 39.0 Å². The van der Waals surface area contributed by atoms with Crippen molar-refractivity contribution in [2.75, 3.05) is 12.3 Å². The first-order chi connectivity index (χ1) is 8.17. The molecule has 0 saturated carbocycles. The zero-order valence-electron chi connectivity index (χ0n) is 11.2. The summed E-state index contributed by atoms with van der Waals surface area (Å²) in [6.07, 6.45) is 4.95. The topological polar surface area (TPSA) is 37.8 Å². The fourth-order valence-electron chi connectivity index (χ4n) is 1.59. The van der Waals surface area contributed by atoms with Crippen LogP contribution in [0.4, 0.5) is 0 Å². The molecule has 0 aliphatic heterocycles. The van der Waals surface area contributed by atoms with E-state index in [-0.39, 0.29) is 0 Å². The Labute approximate surface area is 109 Å². The van der Waals surface area contributed by atoms with Crippen LogP contribution in [-0.2, 0) is 0 Å². The van der Waals surface area contributed by atoms with Crippen LogP contribution < -0.4 is 5.32 Å². The molecular weight excluding hydrogens is 230 g/mol. The molecule has 0 fully saturated rings. The van der Waals surface area contributed by atoms with Crippen molar-refractivity contribution in [1.29, 1.82) is 0 Å². The van der Waals surface area contributed by atoms with Crippen LogP contribution in [-0.4, -0.2) is 28.3 Å². The minimum absolute atomic E-state index is 0.542. The predicted octanol–water partition coefficient (Wildman–Crippen LogP) is 2.90. The van der Waals surface area contributed by atoms with Gasteiger partial charge in [0, 0.05) is 24.2 Å². The Kier molecular flexibility index (Phi) is 6.52. The van der Waals surface area contributed by atoms with E-state index in [1.807, 2.05) is 19.3 Å². The van der Waals surface area contributed by atoms with Gasteiger partial charge in [-0.2, -0.15) is 0 Å². The van der Waals surface area contributed by atoms with Crippen molar-refractivity contribution in [1.82, 2.24) is 15.3 Å². The number of hydrogen-bond donors (Lipinski definition) is 1. The van der Waals surface area contributed by atoms with E-state index in [4.69, 9.17) is 0 Å². The van der Waals surface area contributed by atoms with Crippen LogP contribution in [0, 0.1) is 12.8 Å². The number of aromatic nitrogens is 2. The number of thioether (sulfide) groups is 1.